The predicted octanol–water partition coefficient (Wildman–Crippen LogP) is 2.29. The van der Waals surface area contributed by atoms with E-state index >= 15 is 0 Å². The van der Waals surface area contributed by atoms with Crippen LogP contribution in [0.25, 0.3) is 0 Å². The Kier molecular flexibility index (Phi) is 5.29. The third kappa shape index (κ3) is 3.53. The topological polar surface area (TPSA) is 49.9 Å². The molecule has 0 aromatic heterocycles. The van der Waals surface area contributed by atoms with Crippen molar-refractivity contribution in [2.24, 2.45) is 5.92 Å². The Bertz CT molecular complexity index is 567. The lowest BCUT2D eigenvalue weighted by Gasteiger charge is -2.35. The van der Waals surface area contributed by atoms with Gasteiger partial charge in [0.2, 0.25) is 5.91 Å². The third-order valence-electron chi connectivity index (χ3n) is 3.76. The normalized spacial score (nSPS) is 15.1. The zero-order valence-electron chi connectivity index (χ0n) is 13.1. The molecule has 22 heavy (non-hydrogen) atoms. The first kappa shape index (κ1) is 16.6. The number of halogens is 1. The summed E-state index contributed by atoms with van der Waals surface area (Å²) >= 11 is 5.98. The van der Waals surface area contributed by atoms with Crippen molar-refractivity contribution in [3.8, 4) is 5.75 Å². The molecule has 0 atom stereocenters. The summed E-state index contributed by atoms with van der Waals surface area (Å²) in [7, 11) is 1.53. The molecule has 0 N–H and O–H groups in total. The molecule has 0 spiro atoms. The minimum atomic E-state index is -0.115. The van der Waals surface area contributed by atoms with E-state index in [9.17, 15) is 9.59 Å². The van der Waals surface area contributed by atoms with Gasteiger partial charge in [-0.15, -0.1) is 0 Å². The molecule has 1 aliphatic rings. The van der Waals surface area contributed by atoms with Gasteiger partial charge in [-0.2, -0.15) is 0 Å². The van der Waals surface area contributed by atoms with Crippen LogP contribution in [-0.4, -0.2) is 54.9 Å². The number of benzene rings is 1. The highest BCUT2D eigenvalue weighted by Gasteiger charge is 2.27. The summed E-state index contributed by atoms with van der Waals surface area (Å²) in [4.78, 5) is 28.1. The number of carbonyl (C=O) groups excluding carboxylic acids is 2. The van der Waals surface area contributed by atoms with E-state index in [0.717, 1.165) is 0 Å². The third-order valence-corrected chi connectivity index (χ3v) is 4.00. The van der Waals surface area contributed by atoms with Crippen LogP contribution in [0.1, 0.15) is 24.2 Å². The van der Waals surface area contributed by atoms with Crippen LogP contribution in [0.15, 0.2) is 18.2 Å². The number of hydrogen-bond donors (Lipinski definition) is 0. The molecule has 0 radical (unpaired) electrons. The maximum absolute atomic E-state index is 12.6. The van der Waals surface area contributed by atoms with E-state index in [4.69, 9.17) is 16.3 Å². The minimum absolute atomic E-state index is 0.0183. The molecular formula is C16H21ClN2O3. The monoisotopic (exact) mass is 324 g/mol. The van der Waals surface area contributed by atoms with Crippen LogP contribution in [0.3, 0.4) is 0 Å². The summed E-state index contributed by atoms with van der Waals surface area (Å²) < 4.78 is 5.23. The van der Waals surface area contributed by atoms with Crippen LogP contribution >= 0.6 is 11.6 Å². The number of rotatable bonds is 3. The molecule has 1 aromatic carbocycles. The first-order valence-electron chi connectivity index (χ1n) is 7.35. The molecule has 120 valence electrons. The average Bonchev–Trinajstić information content (AvgIpc) is 2.53. The van der Waals surface area contributed by atoms with Crippen LogP contribution in [0, 0.1) is 5.92 Å². The van der Waals surface area contributed by atoms with Crippen molar-refractivity contribution in [3.63, 3.8) is 0 Å². The lowest BCUT2D eigenvalue weighted by molar-refractivity contribution is -0.135. The molecular weight excluding hydrogens is 304 g/mol. The fraction of sp³-hybridized carbons (Fsp3) is 0.500. The maximum Gasteiger partial charge on any atom is 0.257 e. The van der Waals surface area contributed by atoms with E-state index in [0.29, 0.717) is 42.5 Å². The van der Waals surface area contributed by atoms with E-state index in [-0.39, 0.29) is 17.7 Å². The summed E-state index contributed by atoms with van der Waals surface area (Å²) in [6.07, 6.45) is 0. The Labute approximate surface area is 135 Å². The van der Waals surface area contributed by atoms with Gasteiger partial charge in [0.25, 0.3) is 5.91 Å². The SMILES string of the molecule is COc1ccc(Cl)cc1C(=O)N1CCN(C(=O)C(C)C)CC1. The molecule has 1 aromatic rings. The van der Waals surface area contributed by atoms with Gasteiger partial charge in [0.15, 0.2) is 0 Å². The van der Waals surface area contributed by atoms with Crippen molar-refractivity contribution in [1.82, 2.24) is 9.80 Å². The van der Waals surface area contributed by atoms with Crippen LogP contribution in [0.2, 0.25) is 5.02 Å². The van der Waals surface area contributed by atoms with Crippen molar-refractivity contribution in [1.29, 1.82) is 0 Å². The Morgan fingerprint density at radius 1 is 1.14 bits per heavy atom. The Morgan fingerprint density at radius 3 is 2.27 bits per heavy atom. The Balaban J connectivity index is 2.07. The lowest BCUT2D eigenvalue weighted by atomic mass is 10.1. The van der Waals surface area contributed by atoms with Gasteiger partial charge in [-0.1, -0.05) is 25.4 Å². The standard InChI is InChI=1S/C16H21ClN2O3/c1-11(2)15(20)18-6-8-19(9-7-18)16(21)13-10-12(17)4-5-14(13)22-3/h4-5,10-11H,6-9H2,1-3H3. The van der Waals surface area contributed by atoms with Crippen LogP contribution in [0.5, 0.6) is 5.75 Å². The van der Waals surface area contributed by atoms with Crippen molar-refractivity contribution < 1.29 is 14.3 Å². The molecule has 6 heteroatoms. The molecule has 1 fully saturated rings. The summed E-state index contributed by atoms with van der Waals surface area (Å²) in [5, 5.41) is 0.498. The van der Waals surface area contributed by atoms with Gasteiger partial charge in [0.1, 0.15) is 5.75 Å². The molecule has 2 amide bonds. The maximum atomic E-state index is 12.6. The van der Waals surface area contributed by atoms with Gasteiger partial charge in [-0.3, -0.25) is 9.59 Å². The number of amides is 2. The van der Waals surface area contributed by atoms with Gasteiger partial charge in [0, 0.05) is 37.1 Å². The van der Waals surface area contributed by atoms with Crippen molar-refractivity contribution in [3.05, 3.63) is 28.8 Å². The highest BCUT2D eigenvalue weighted by Crippen LogP contribution is 2.24. The number of hydrogen-bond acceptors (Lipinski definition) is 3. The highest BCUT2D eigenvalue weighted by molar-refractivity contribution is 6.31. The predicted molar refractivity (Wildman–Crippen MR) is 85.3 cm³/mol. The Morgan fingerprint density at radius 2 is 1.73 bits per heavy atom. The van der Waals surface area contributed by atoms with Gasteiger partial charge in [-0.25, -0.2) is 0 Å². The molecule has 1 heterocycles. The largest absolute Gasteiger partial charge is 0.496 e. The molecule has 2 rings (SSSR count). The van der Waals surface area contributed by atoms with Crippen molar-refractivity contribution in [2.45, 2.75) is 13.8 Å². The second-order valence-electron chi connectivity index (χ2n) is 5.62. The number of nitrogens with zero attached hydrogens (tertiary/aromatic N) is 2. The fourth-order valence-corrected chi connectivity index (χ4v) is 2.68. The highest BCUT2D eigenvalue weighted by atomic mass is 35.5. The van der Waals surface area contributed by atoms with Crippen molar-refractivity contribution >= 4 is 23.4 Å². The fourth-order valence-electron chi connectivity index (χ4n) is 2.51. The van der Waals surface area contributed by atoms with Gasteiger partial charge >= 0.3 is 0 Å². The van der Waals surface area contributed by atoms with E-state index in [1.807, 2.05) is 18.7 Å². The first-order valence-corrected chi connectivity index (χ1v) is 7.73. The summed E-state index contributed by atoms with van der Waals surface area (Å²) in [6.45, 7) is 5.94. The van der Waals surface area contributed by atoms with Gasteiger partial charge in [-0.05, 0) is 18.2 Å². The minimum Gasteiger partial charge on any atom is -0.496 e. The van der Waals surface area contributed by atoms with E-state index < -0.39 is 0 Å². The van der Waals surface area contributed by atoms with E-state index in [2.05, 4.69) is 0 Å². The van der Waals surface area contributed by atoms with Gasteiger partial charge < -0.3 is 14.5 Å². The molecule has 0 saturated carbocycles. The zero-order valence-corrected chi connectivity index (χ0v) is 13.9. The van der Waals surface area contributed by atoms with Crippen LogP contribution < -0.4 is 4.74 Å². The quantitative estimate of drug-likeness (QED) is 0.857. The van der Waals surface area contributed by atoms with Crippen molar-refractivity contribution in [2.75, 3.05) is 33.3 Å². The summed E-state index contributed by atoms with van der Waals surface area (Å²) in [6, 6.07) is 5.00. The summed E-state index contributed by atoms with van der Waals surface area (Å²) in [5.74, 6) is 0.508. The number of ether oxygens (including phenoxy) is 1. The van der Waals surface area contributed by atoms with Gasteiger partial charge in [0.05, 0.1) is 12.7 Å². The number of methoxy groups -OCH3 is 1. The first-order chi connectivity index (χ1) is 10.4. The average molecular weight is 325 g/mol. The Hall–Kier alpha value is -1.75. The molecule has 0 aliphatic carbocycles. The number of carbonyl (C=O) groups is 2. The molecule has 1 saturated heterocycles. The number of piperazine rings is 1. The lowest BCUT2D eigenvalue weighted by Crippen LogP contribution is -2.51. The van der Waals surface area contributed by atoms with Crippen LogP contribution in [0.4, 0.5) is 0 Å². The molecule has 5 nitrogen and oxygen atoms in total. The second-order valence-corrected chi connectivity index (χ2v) is 6.05. The molecule has 1 aliphatic heterocycles. The van der Waals surface area contributed by atoms with E-state index in [1.54, 1.807) is 23.1 Å². The molecule has 0 unspecified atom stereocenters. The zero-order chi connectivity index (χ0) is 16.3. The summed E-state index contributed by atoms with van der Waals surface area (Å²) in [5.41, 5.74) is 0.457. The molecule has 0 bridgehead atoms. The van der Waals surface area contributed by atoms with E-state index in [1.165, 1.54) is 7.11 Å². The van der Waals surface area contributed by atoms with Crippen LogP contribution in [-0.2, 0) is 4.79 Å². The second kappa shape index (κ2) is 7.01. The smallest absolute Gasteiger partial charge is 0.257 e.